The van der Waals surface area contributed by atoms with E-state index in [1.165, 1.54) is 0 Å². The van der Waals surface area contributed by atoms with Gasteiger partial charge in [0.05, 0.1) is 28.6 Å². The SMILES string of the molecule is CC1=CC[C@@H](/C(C)=C/c2csc(C)n2)OC(=O)C[C@H](O)C(C)(C)C(=O)[C@H](C)C[C@@H](C)CC=C1. The molecular weight excluding hydrogens is 434 g/mol. The summed E-state index contributed by atoms with van der Waals surface area (Å²) < 4.78 is 5.81. The number of carbonyl (C=O) groups is 2. The van der Waals surface area contributed by atoms with Crippen molar-refractivity contribution in [3.63, 3.8) is 0 Å². The van der Waals surface area contributed by atoms with Gasteiger partial charge in [0.2, 0.25) is 0 Å². The highest BCUT2D eigenvalue weighted by Crippen LogP contribution is 2.31. The first-order chi connectivity index (χ1) is 15.4. The Morgan fingerprint density at radius 1 is 1.24 bits per heavy atom. The van der Waals surface area contributed by atoms with Gasteiger partial charge in [-0.05, 0) is 51.2 Å². The highest BCUT2D eigenvalue weighted by Gasteiger charge is 2.39. The van der Waals surface area contributed by atoms with E-state index >= 15 is 0 Å². The molecule has 1 aromatic rings. The molecular formula is C27H39NO4S. The third kappa shape index (κ3) is 8.04. The van der Waals surface area contributed by atoms with Crippen molar-refractivity contribution in [2.24, 2.45) is 17.3 Å². The van der Waals surface area contributed by atoms with Gasteiger partial charge in [0.25, 0.3) is 0 Å². The molecule has 0 saturated carbocycles. The Kier molecular flexibility index (Phi) is 9.80. The van der Waals surface area contributed by atoms with Crippen LogP contribution in [0.3, 0.4) is 0 Å². The van der Waals surface area contributed by atoms with E-state index in [2.05, 4.69) is 30.1 Å². The summed E-state index contributed by atoms with van der Waals surface area (Å²) in [6.07, 6.45) is 8.59. The number of carbonyl (C=O) groups excluding carboxylic acids is 2. The van der Waals surface area contributed by atoms with Gasteiger partial charge < -0.3 is 9.84 Å². The third-order valence-electron chi connectivity index (χ3n) is 6.40. The van der Waals surface area contributed by atoms with Crippen molar-refractivity contribution in [3.05, 3.63) is 45.5 Å². The number of esters is 1. The largest absolute Gasteiger partial charge is 0.457 e. The van der Waals surface area contributed by atoms with Gasteiger partial charge in [-0.2, -0.15) is 0 Å². The Morgan fingerprint density at radius 3 is 2.58 bits per heavy atom. The summed E-state index contributed by atoms with van der Waals surface area (Å²) in [6.45, 7) is 13.4. The average Bonchev–Trinajstić information content (AvgIpc) is 3.13. The molecule has 1 N–H and O–H groups in total. The number of aryl methyl sites for hydroxylation is 1. The highest BCUT2D eigenvalue weighted by molar-refractivity contribution is 7.09. The molecule has 1 aromatic heterocycles. The van der Waals surface area contributed by atoms with Gasteiger partial charge in [-0.25, -0.2) is 4.98 Å². The van der Waals surface area contributed by atoms with Crippen LogP contribution < -0.4 is 0 Å². The Balaban J connectivity index is 2.34. The molecule has 5 nitrogen and oxygen atoms in total. The summed E-state index contributed by atoms with van der Waals surface area (Å²) in [4.78, 5) is 30.4. The maximum Gasteiger partial charge on any atom is 0.309 e. The number of hydrogen-bond acceptors (Lipinski definition) is 6. The molecule has 0 aliphatic carbocycles. The van der Waals surface area contributed by atoms with E-state index in [1.807, 2.05) is 39.2 Å². The molecule has 6 heteroatoms. The van der Waals surface area contributed by atoms with Crippen LogP contribution in [0.1, 0.15) is 77.9 Å². The molecule has 2 heterocycles. The number of aromatic nitrogens is 1. The average molecular weight is 474 g/mol. The Hall–Kier alpha value is -2.05. The van der Waals surface area contributed by atoms with Crippen LogP contribution in [0.2, 0.25) is 0 Å². The van der Waals surface area contributed by atoms with E-state index in [-0.39, 0.29) is 18.1 Å². The number of allylic oxidation sites excluding steroid dienone is 3. The smallest absolute Gasteiger partial charge is 0.309 e. The fourth-order valence-electron chi connectivity index (χ4n) is 4.17. The van der Waals surface area contributed by atoms with E-state index in [0.717, 1.165) is 34.7 Å². The molecule has 4 atom stereocenters. The van der Waals surface area contributed by atoms with Crippen molar-refractivity contribution in [3.8, 4) is 0 Å². The standard InChI is InChI=1S/C27H39NO4S/c1-17-9-8-10-18(2)13-20(4)26(31)27(6,7)24(29)15-25(30)32-23(12-11-17)19(3)14-22-16-33-21(5)28-22/h8-9,11,14,16,18,20,23-24,29H,10,12-13,15H2,1-7H3/b9-8?,17-11?,19-14+/t18-,20+,23-,24-/m0/s1. The molecule has 33 heavy (non-hydrogen) atoms. The van der Waals surface area contributed by atoms with Crippen LogP contribution >= 0.6 is 11.3 Å². The molecule has 0 spiro atoms. The minimum Gasteiger partial charge on any atom is -0.457 e. The number of rotatable bonds is 2. The maximum atomic E-state index is 13.1. The summed E-state index contributed by atoms with van der Waals surface area (Å²) in [5, 5.41) is 13.8. The topological polar surface area (TPSA) is 76.5 Å². The molecule has 2 rings (SSSR count). The number of ketones is 1. The van der Waals surface area contributed by atoms with Crippen LogP contribution in [0.25, 0.3) is 6.08 Å². The van der Waals surface area contributed by atoms with Crippen molar-refractivity contribution in [1.82, 2.24) is 4.98 Å². The summed E-state index contributed by atoms with van der Waals surface area (Å²) in [5.41, 5.74) is 1.79. The Morgan fingerprint density at radius 2 is 1.94 bits per heavy atom. The molecule has 0 fully saturated rings. The van der Waals surface area contributed by atoms with Gasteiger partial charge in [-0.3, -0.25) is 9.59 Å². The number of ether oxygens (including phenoxy) is 1. The van der Waals surface area contributed by atoms with Gasteiger partial charge >= 0.3 is 5.97 Å². The molecule has 1 aliphatic heterocycles. The van der Waals surface area contributed by atoms with Crippen molar-refractivity contribution in [1.29, 1.82) is 0 Å². The normalized spacial score (nSPS) is 28.4. The lowest BCUT2D eigenvalue weighted by Crippen LogP contribution is -2.42. The van der Waals surface area contributed by atoms with Gasteiger partial charge in [0, 0.05) is 17.7 Å². The second kappa shape index (κ2) is 11.9. The number of aliphatic hydroxyl groups is 1. The second-order valence-electron chi connectivity index (χ2n) is 10.0. The molecule has 0 aromatic carbocycles. The number of aliphatic hydroxyl groups excluding tert-OH is 1. The van der Waals surface area contributed by atoms with Gasteiger partial charge in [-0.15, -0.1) is 11.3 Å². The first kappa shape index (κ1) is 27.2. The minimum absolute atomic E-state index is 0.0201. The minimum atomic E-state index is -1.11. The van der Waals surface area contributed by atoms with Crippen LogP contribution in [0.5, 0.6) is 0 Å². The first-order valence-electron chi connectivity index (χ1n) is 11.8. The highest BCUT2D eigenvalue weighted by atomic mass is 32.1. The zero-order chi connectivity index (χ0) is 24.8. The zero-order valence-electron chi connectivity index (χ0n) is 21.1. The predicted molar refractivity (Wildman–Crippen MR) is 135 cm³/mol. The van der Waals surface area contributed by atoms with Gasteiger partial charge in [0.15, 0.2) is 0 Å². The zero-order valence-corrected chi connectivity index (χ0v) is 21.9. The number of nitrogens with zero attached hydrogens (tertiary/aromatic N) is 1. The number of cyclic esters (lactones) is 1. The van der Waals surface area contributed by atoms with Gasteiger partial charge in [-0.1, -0.05) is 51.5 Å². The predicted octanol–water partition coefficient (Wildman–Crippen LogP) is 6.07. The van der Waals surface area contributed by atoms with E-state index in [4.69, 9.17) is 4.74 Å². The molecule has 0 bridgehead atoms. The molecule has 0 unspecified atom stereocenters. The lowest BCUT2D eigenvalue weighted by molar-refractivity contribution is -0.153. The fourth-order valence-corrected chi connectivity index (χ4v) is 4.74. The summed E-state index contributed by atoms with van der Waals surface area (Å²) in [7, 11) is 0. The van der Waals surface area contributed by atoms with E-state index in [1.54, 1.807) is 25.2 Å². The van der Waals surface area contributed by atoms with Crippen LogP contribution in [-0.4, -0.2) is 34.1 Å². The van der Waals surface area contributed by atoms with Crippen molar-refractivity contribution in [2.45, 2.75) is 86.4 Å². The third-order valence-corrected chi connectivity index (χ3v) is 7.19. The van der Waals surface area contributed by atoms with Crippen molar-refractivity contribution >= 4 is 29.2 Å². The van der Waals surface area contributed by atoms with E-state index < -0.39 is 23.6 Å². The van der Waals surface area contributed by atoms with Gasteiger partial charge in [0.1, 0.15) is 11.9 Å². The fraction of sp³-hybridized carbons (Fsp3) is 0.593. The van der Waals surface area contributed by atoms with Crippen LogP contribution in [0.15, 0.2) is 34.8 Å². The summed E-state index contributed by atoms with van der Waals surface area (Å²) >= 11 is 1.57. The van der Waals surface area contributed by atoms with Crippen LogP contribution in [0, 0.1) is 24.2 Å². The second-order valence-corrected chi connectivity index (χ2v) is 11.1. The van der Waals surface area contributed by atoms with E-state index in [9.17, 15) is 14.7 Å². The Bertz CT molecular complexity index is 924. The quantitative estimate of drug-likeness (QED) is 0.528. The maximum absolute atomic E-state index is 13.1. The van der Waals surface area contributed by atoms with Crippen LogP contribution in [-0.2, 0) is 14.3 Å². The van der Waals surface area contributed by atoms with E-state index in [0.29, 0.717) is 12.3 Å². The first-order valence-corrected chi connectivity index (χ1v) is 12.6. The number of hydrogen-bond donors (Lipinski definition) is 1. The lowest BCUT2D eigenvalue weighted by Gasteiger charge is -2.32. The monoisotopic (exact) mass is 473 g/mol. The molecule has 0 amide bonds. The van der Waals surface area contributed by atoms with Crippen molar-refractivity contribution in [2.75, 3.05) is 0 Å². The molecule has 182 valence electrons. The molecule has 1 aliphatic rings. The summed E-state index contributed by atoms with van der Waals surface area (Å²) in [5.74, 6) is -0.380. The Labute approximate surface area is 202 Å². The number of Topliss-reactive ketones (excluding diaryl/α,β-unsaturated/α-hetero) is 1. The molecule has 0 saturated heterocycles. The lowest BCUT2D eigenvalue weighted by atomic mass is 9.74. The summed E-state index contributed by atoms with van der Waals surface area (Å²) in [6, 6.07) is 0. The molecule has 0 radical (unpaired) electrons. The van der Waals surface area contributed by atoms with Crippen LogP contribution in [0.4, 0.5) is 0 Å². The van der Waals surface area contributed by atoms with Crippen molar-refractivity contribution < 1.29 is 19.4 Å². The number of thiazole rings is 1.